The fourth-order valence-electron chi connectivity index (χ4n) is 2.48. The van der Waals surface area contributed by atoms with Crippen molar-refractivity contribution < 1.29 is 18.3 Å². The van der Waals surface area contributed by atoms with E-state index in [1.165, 1.54) is 6.07 Å². The molecule has 1 atom stereocenters. The van der Waals surface area contributed by atoms with E-state index in [2.05, 4.69) is 0 Å². The summed E-state index contributed by atoms with van der Waals surface area (Å²) in [6, 6.07) is 5.27. The highest BCUT2D eigenvalue weighted by Crippen LogP contribution is 2.44. The second kappa shape index (κ2) is 5.26. The van der Waals surface area contributed by atoms with E-state index in [-0.39, 0.29) is 11.8 Å². The van der Waals surface area contributed by atoms with E-state index in [1.54, 1.807) is 17.8 Å². The Bertz CT molecular complexity index is 484. The van der Waals surface area contributed by atoms with Crippen LogP contribution in [-0.2, 0) is 12.6 Å². The molecule has 112 valence electrons. The van der Waals surface area contributed by atoms with Gasteiger partial charge in [0.2, 0.25) is 0 Å². The SMILES string of the molecule is CC1(C)CCSCC1(O)Cc1cccc(C(F)(F)F)c1. The lowest BCUT2D eigenvalue weighted by molar-refractivity contribution is -0.137. The molecule has 0 spiro atoms. The number of alkyl halides is 3. The molecule has 1 fully saturated rings. The van der Waals surface area contributed by atoms with Crippen molar-refractivity contribution in [3.05, 3.63) is 35.4 Å². The molecule has 1 aliphatic heterocycles. The Kier molecular flexibility index (Phi) is 4.13. The van der Waals surface area contributed by atoms with Crippen molar-refractivity contribution in [2.45, 2.75) is 38.5 Å². The lowest BCUT2D eigenvalue weighted by Crippen LogP contribution is -2.51. The first-order valence-corrected chi connectivity index (χ1v) is 7.76. The second-order valence-electron chi connectivity index (χ2n) is 6.09. The van der Waals surface area contributed by atoms with Gasteiger partial charge in [-0.1, -0.05) is 32.0 Å². The third-order valence-electron chi connectivity index (χ3n) is 4.22. The number of aliphatic hydroxyl groups is 1. The van der Waals surface area contributed by atoms with Crippen molar-refractivity contribution in [3.8, 4) is 0 Å². The van der Waals surface area contributed by atoms with Crippen LogP contribution in [0.1, 0.15) is 31.4 Å². The fourth-order valence-corrected chi connectivity index (χ4v) is 4.11. The van der Waals surface area contributed by atoms with E-state index in [9.17, 15) is 18.3 Å². The Hall–Kier alpha value is -0.680. The zero-order valence-corrected chi connectivity index (χ0v) is 12.4. The fraction of sp³-hybridized carbons (Fsp3) is 0.600. The first kappa shape index (κ1) is 15.7. The van der Waals surface area contributed by atoms with Crippen LogP contribution in [0.4, 0.5) is 13.2 Å². The van der Waals surface area contributed by atoms with E-state index in [0.717, 1.165) is 24.3 Å². The van der Waals surface area contributed by atoms with Crippen LogP contribution in [0.5, 0.6) is 0 Å². The van der Waals surface area contributed by atoms with E-state index >= 15 is 0 Å². The minimum Gasteiger partial charge on any atom is -0.388 e. The van der Waals surface area contributed by atoms with Gasteiger partial charge in [-0.3, -0.25) is 0 Å². The average molecular weight is 304 g/mol. The van der Waals surface area contributed by atoms with Crippen LogP contribution in [0.2, 0.25) is 0 Å². The molecule has 1 aromatic carbocycles. The van der Waals surface area contributed by atoms with Crippen LogP contribution >= 0.6 is 11.8 Å². The number of thioether (sulfide) groups is 1. The summed E-state index contributed by atoms with van der Waals surface area (Å²) in [7, 11) is 0. The van der Waals surface area contributed by atoms with E-state index in [0.29, 0.717) is 11.3 Å². The van der Waals surface area contributed by atoms with Gasteiger partial charge >= 0.3 is 6.18 Å². The van der Waals surface area contributed by atoms with E-state index in [4.69, 9.17) is 0 Å². The van der Waals surface area contributed by atoms with Crippen molar-refractivity contribution in [2.75, 3.05) is 11.5 Å². The number of hydrogen-bond acceptors (Lipinski definition) is 2. The average Bonchev–Trinajstić information content (AvgIpc) is 2.32. The Balaban J connectivity index is 2.25. The van der Waals surface area contributed by atoms with Gasteiger partial charge in [0.1, 0.15) is 0 Å². The van der Waals surface area contributed by atoms with Crippen LogP contribution in [-0.4, -0.2) is 22.2 Å². The Labute approximate surface area is 121 Å². The summed E-state index contributed by atoms with van der Waals surface area (Å²) < 4.78 is 38.2. The predicted molar refractivity (Wildman–Crippen MR) is 75.8 cm³/mol. The molecule has 0 bridgehead atoms. The Morgan fingerprint density at radius 1 is 1.30 bits per heavy atom. The highest BCUT2D eigenvalue weighted by Gasteiger charge is 2.45. The molecule has 1 heterocycles. The molecule has 0 aromatic heterocycles. The molecule has 0 saturated carbocycles. The van der Waals surface area contributed by atoms with Gasteiger partial charge in [0.05, 0.1) is 11.2 Å². The van der Waals surface area contributed by atoms with Crippen molar-refractivity contribution in [1.82, 2.24) is 0 Å². The monoisotopic (exact) mass is 304 g/mol. The van der Waals surface area contributed by atoms with Gasteiger partial charge in [0.15, 0.2) is 0 Å². The van der Waals surface area contributed by atoms with Crippen LogP contribution < -0.4 is 0 Å². The lowest BCUT2D eigenvalue weighted by Gasteiger charge is -2.46. The summed E-state index contributed by atoms with van der Waals surface area (Å²) in [6.45, 7) is 3.97. The Morgan fingerprint density at radius 3 is 2.60 bits per heavy atom. The Morgan fingerprint density at radius 2 is 2.00 bits per heavy atom. The molecule has 0 radical (unpaired) electrons. The molecule has 1 saturated heterocycles. The molecular formula is C15H19F3OS. The maximum Gasteiger partial charge on any atom is 0.416 e. The maximum atomic E-state index is 12.7. The van der Waals surface area contributed by atoms with Gasteiger partial charge in [-0.2, -0.15) is 24.9 Å². The number of benzene rings is 1. The number of hydrogen-bond donors (Lipinski definition) is 1. The molecule has 1 unspecified atom stereocenters. The molecule has 2 rings (SSSR count). The first-order valence-electron chi connectivity index (χ1n) is 6.60. The summed E-state index contributed by atoms with van der Waals surface area (Å²) in [6.07, 6.45) is -3.21. The summed E-state index contributed by atoms with van der Waals surface area (Å²) in [4.78, 5) is 0. The normalized spacial score (nSPS) is 26.5. The molecular weight excluding hydrogens is 285 g/mol. The summed E-state index contributed by atoms with van der Waals surface area (Å²) in [5, 5.41) is 10.8. The molecule has 20 heavy (non-hydrogen) atoms. The van der Waals surface area contributed by atoms with Crippen LogP contribution in [0, 0.1) is 5.41 Å². The third-order valence-corrected chi connectivity index (χ3v) is 5.40. The quantitative estimate of drug-likeness (QED) is 0.886. The number of halogens is 3. The minimum absolute atomic E-state index is 0.261. The summed E-state index contributed by atoms with van der Waals surface area (Å²) >= 11 is 1.66. The van der Waals surface area contributed by atoms with Gasteiger partial charge in [-0.15, -0.1) is 0 Å². The maximum absolute atomic E-state index is 12.7. The molecule has 1 aliphatic rings. The first-order chi connectivity index (χ1) is 9.14. The highest BCUT2D eigenvalue weighted by molar-refractivity contribution is 7.99. The molecule has 1 N–H and O–H groups in total. The largest absolute Gasteiger partial charge is 0.416 e. The molecule has 5 heteroatoms. The standard InChI is InChI=1S/C15H19F3OS/c1-13(2)6-7-20-10-14(13,19)9-11-4-3-5-12(8-11)15(16,17)18/h3-5,8,19H,6-7,9-10H2,1-2H3. The zero-order chi connectivity index (χ0) is 15.0. The van der Waals surface area contributed by atoms with Crippen molar-refractivity contribution in [1.29, 1.82) is 0 Å². The smallest absolute Gasteiger partial charge is 0.388 e. The lowest BCUT2D eigenvalue weighted by atomic mass is 9.70. The molecule has 0 aliphatic carbocycles. The van der Waals surface area contributed by atoms with Crippen LogP contribution in [0.25, 0.3) is 0 Å². The van der Waals surface area contributed by atoms with Crippen LogP contribution in [0.15, 0.2) is 24.3 Å². The number of rotatable bonds is 2. The molecule has 1 aromatic rings. The summed E-state index contributed by atoms with van der Waals surface area (Å²) in [5.41, 5.74) is -1.36. The van der Waals surface area contributed by atoms with Crippen molar-refractivity contribution >= 4 is 11.8 Å². The van der Waals surface area contributed by atoms with Gasteiger partial charge in [0, 0.05) is 12.2 Å². The predicted octanol–water partition coefficient (Wildman–Crippen LogP) is 4.14. The molecule has 0 amide bonds. The van der Waals surface area contributed by atoms with E-state index in [1.807, 2.05) is 13.8 Å². The topological polar surface area (TPSA) is 20.2 Å². The van der Waals surface area contributed by atoms with Crippen molar-refractivity contribution in [3.63, 3.8) is 0 Å². The van der Waals surface area contributed by atoms with Gasteiger partial charge in [-0.25, -0.2) is 0 Å². The zero-order valence-electron chi connectivity index (χ0n) is 11.6. The van der Waals surface area contributed by atoms with Gasteiger partial charge < -0.3 is 5.11 Å². The third kappa shape index (κ3) is 3.14. The minimum atomic E-state index is -4.34. The van der Waals surface area contributed by atoms with Crippen molar-refractivity contribution in [2.24, 2.45) is 5.41 Å². The van der Waals surface area contributed by atoms with Gasteiger partial charge in [0.25, 0.3) is 0 Å². The van der Waals surface area contributed by atoms with Gasteiger partial charge in [-0.05, 0) is 29.2 Å². The molecule has 1 nitrogen and oxygen atoms in total. The van der Waals surface area contributed by atoms with Crippen LogP contribution in [0.3, 0.4) is 0 Å². The summed E-state index contributed by atoms with van der Waals surface area (Å²) in [5.74, 6) is 1.55. The van der Waals surface area contributed by atoms with E-state index < -0.39 is 17.3 Å². The highest BCUT2D eigenvalue weighted by atomic mass is 32.2. The second-order valence-corrected chi connectivity index (χ2v) is 7.20.